The van der Waals surface area contributed by atoms with E-state index in [2.05, 4.69) is 214 Å². The first-order valence-corrected chi connectivity index (χ1v) is 20.7. The molecule has 3 nitrogen and oxygen atoms in total. The quantitative estimate of drug-likeness (QED) is 0.170. The maximum Gasteiger partial charge on any atom is 0.0547 e. The number of para-hydroxylation sites is 5. The molecule has 0 atom stereocenters. The number of rotatable bonds is 4. The maximum absolute atomic E-state index is 2.46. The minimum Gasteiger partial charge on any atom is -0.309 e. The second-order valence-corrected chi connectivity index (χ2v) is 16.4. The van der Waals surface area contributed by atoms with Gasteiger partial charge in [0.25, 0.3) is 0 Å². The van der Waals surface area contributed by atoms with Gasteiger partial charge in [-0.15, -0.1) is 11.3 Å². The van der Waals surface area contributed by atoms with Crippen molar-refractivity contribution in [3.8, 4) is 28.2 Å². The van der Waals surface area contributed by atoms with Crippen LogP contribution in [0.3, 0.4) is 0 Å². The Bertz CT molecular complexity index is 3580. The Hall–Kier alpha value is -7.40. The number of thiophene rings is 1. The summed E-state index contributed by atoms with van der Waals surface area (Å²) in [7, 11) is 0. The average Bonchev–Trinajstić information content (AvgIpc) is 4.02. The molecule has 0 fully saturated rings. The smallest absolute Gasteiger partial charge is 0.0547 e. The van der Waals surface area contributed by atoms with Crippen molar-refractivity contribution in [1.29, 1.82) is 0 Å². The van der Waals surface area contributed by atoms with Gasteiger partial charge >= 0.3 is 0 Å². The van der Waals surface area contributed by atoms with E-state index in [4.69, 9.17) is 0 Å². The summed E-state index contributed by atoms with van der Waals surface area (Å²) in [5.74, 6) is 0. The summed E-state index contributed by atoms with van der Waals surface area (Å²) in [5, 5.41) is 10.1. The summed E-state index contributed by atoms with van der Waals surface area (Å²) < 4.78 is 9.99. The van der Waals surface area contributed by atoms with Crippen molar-refractivity contribution < 1.29 is 0 Å². The van der Waals surface area contributed by atoms with Gasteiger partial charge in [0.1, 0.15) is 0 Å². The molecule has 0 unspecified atom stereocenters. The summed E-state index contributed by atoms with van der Waals surface area (Å²) in [6.07, 6.45) is 0. The fourth-order valence-electron chi connectivity index (χ4n) is 9.70. The topological polar surface area (TPSA) is 14.8 Å². The van der Waals surface area contributed by atoms with Crippen molar-refractivity contribution in [1.82, 2.24) is 13.7 Å². The Balaban J connectivity index is 1.11. The first kappa shape index (κ1) is 31.8. The van der Waals surface area contributed by atoms with Crippen LogP contribution in [-0.4, -0.2) is 13.7 Å². The van der Waals surface area contributed by atoms with Crippen molar-refractivity contribution in [2.45, 2.75) is 0 Å². The third-order valence-corrected chi connectivity index (χ3v) is 13.4. The van der Waals surface area contributed by atoms with Gasteiger partial charge in [0, 0.05) is 69.6 Å². The molecule has 13 rings (SSSR count). The van der Waals surface area contributed by atoms with Crippen LogP contribution in [0.5, 0.6) is 0 Å². The Labute approximate surface area is 337 Å². The summed E-state index contributed by atoms with van der Waals surface area (Å²) >= 11 is 1.86. The van der Waals surface area contributed by atoms with Crippen LogP contribution in [0.25, 0.3) is 114 Å². The monoisotopic (exact) mass is 755 g/mol. The lowest BCUT2D eigenvalue weighted by atomic mass is 10.0. The van der Waals surface area contributed by atoms with E-state index < -0.39 is 0 Å². The van der Waals surface area contributed by atoms with Gasteiger partial charge in [-0.1, -0.05) is 121 Å². The van der Waals surface area contributed by atoms with Crippen LogP contribution in [0.4, 0.5) is 0 Å². The largest absolute Gasteiger partial charge is 0.309 e. The van der Waals surface area contributed by atoms with Gasteiger partial charge in [-0.25, -0.2) is 0 Å². The van der Waals surface area contributed by atoms with E-state index in [1.807, 2.05) is 11.3 Å². The van der Waals surface area contributed by atoms with E-state index >= 15 is 0 Å². The average molecular weight is 756 g/mol. The van der Waals surface area contributed by atoms with E-state index in [9.17, 15) is 0 Å². The van der Waals surface area contributed by atoms with Crippen LogP contribution >= 0.6 is 11.3 Å². The first-order chi connectivity index (χ1) is 28.8. The molecule has 4 aromatic heterocycles. The zero-order valence-electron chi connectivity index (χ0n) is 31.3. The molecular formula is C54H33N3S. The van der Waals surface area contributed by atoms with Crippen LogP contribution in [0, 0.1) is 0 Å². The number of aromatic nitrogens is 3. The van der Waals surface area contributed by atoms with Gasteiger partial charge in [-0.05, 0) is 90.0 Å². The van der Waals surface area contributed by atoms with E-state index in [-0.39, 0.29) is 0 Å². The number of hydrogen-bond acceptors (Lipinski definition) is 1. The van der Waals surface area contributed by atoms with Crippen LogP contribution in [0.1, 0.15) is 0 Å². The molecule has 58 heavy (non-hydrogen) atoms. The summed E-state index contributed by atoms with van der Waals surface area (Å²) in [6, 6.07) is 73.9. The van der Waals surface area contributed by atoms with Gasteiger partial charge in [-0.2, -0.15) is 0 Å². The van der Waals surface area contributed by atoms with Crippen LogP contribution in [0.2, 0.25) is 0 Å². The second kappa shape index (κ2) is 12.1. The molecule has 0 saturated carbocycles. The van der Waals surface area contributed by atoms with Gasteiger partial charge in [0.15, 0.2) is 0 Å². The van der Waals surface area contributed by atoms with Crippen LogP contribution < -0.4 is 0 Å². The number of nitrogens with zero attached hydrogens (tertiary/aromatic N) is 3. The third-order valence-electron chi connectivity index (χ3n) is 12.2. The molecule has 0 saturated heterocycles. The van der Waals surface area contributed by atoms with Gasteiger partial charge in [0.05, 0.1) is 33.1 Å². The zero-order chi connectivity index (χ0) is 37.9. The van der Waals surface area contributed by atoms with Crippen molar-refractivity contribution in [3.05, 3.63) is 200 Å². The summed E-state index contributed by atoms with van der Waals surface area (Å²) in [5.41, 5.74) is 12.9. The lowest BCUT2D eigenvalue weighted by Crippen LogP contribution is -2.00. The van der Waals surface area contributed by atoms with Crippen molar-refractivity contribution >= 4 is 96.9 Å². The van der Waals surface area contributed by atoms with E-state index in [1.165, 1.54) is 96.8 Å². The van der Waals surface area contributed by atoms with Gasteiger partial charge < -0.3 is 13.7 Å². The highest BCUT2D eigenvalue weighted by Crippen LogP contribution is 2.41. The third kappa shape index (κ3) is 4.49. The summed E-state index contributed by atoms with van der Waals surface area (Å²) in [6.45, 7) is 0. The number of fused-ring (bicyclic) bond motifs is 12. The molecule has 0 aliphatic carbocycles. The molecule has 0 amide bonds. The zero-order valence-corrected chi connectivity index (χ0v) is 32.1. The molecule has 0 radical (unpaired) electrons. The van der Waals surface area contributed by atoms with Gasteiger partial charge in [-0.3, -0.25) is 0 Å². The summed E-state index contributed by atoms with van der Waals surface area (Å²) in [4.78, 5) is 0. The highest BCUT2D eigenvalue weighted by molar-refractivity contribution is 7.25. The Kier molecular flexibility index (Phi) is 6.60. The van der Waals surface area contributed by atoms with Crippen LogP contribution in [-0.2, 0) is 0 Å². The molecule has 4 heterocycles. The lowest BCUT2D eigenvalue weighted by Gasteiger charge is -2.16. The van der Waals surface area contributed by atoms with Crippen molar-refractivity contribution in [2.24, 2.45) is 0 Å². The van der Waals surface area contributed by atoms with E-state index in [0.29, 0.717) is 0 Å². The SMILES string of the molecule is c1ccc2c(c1)sc1ccc(-n3c4ccccc4c4ccc(-c5cc(-n6c7ccccc7c7ccccc76)cc(-n6c7ccccc7c7ccccc76)c5)cc43)cc12. The normalized spacial score (nSPS) is 12.1. The first-order valence-electron chi connectivity index (χ1n) is 19.8. The number of benzene rings is 9. The standard InChI is InChI=1S/C54H33N3S/c1-8-20-48-39(13-1)40-14-2-9-21-49(40)56(48)37-29-35(30-38(32-37)57-50-22-10-3-15-41(50)42-16-4-11-23-51(42)57)34-25-27-44-43-17-5-7-19-47(43)55(52(44)31-34)36-26-28-54-46(33-36)45-18-6-12-24-53(45)58-54/h1-33H. The van der Waals surface area contributed by atoms with Crippen LogP contribution in [0.15, 0.2) is 200 Å². The molecule has 0 spiro atoms. The molecule has 4 heteroatoms. The Morgan fingerprint density at radius 3 is 1.17 bits per heavy atom. The molecule has 9 aromatic carbocycles. The number of hydrogen-bond donors (Lipinski definition) is 0. The van der Waals surface area contributed by atoms with Crippen molar-refractivity contribution in [3.63, 3.8) is 0 Å². The lowest BCUT2D eigenvalue weighted by molar-refractivity contribution is 1.13. The Morgan fingerprint density at radius 1 is 0.241 bits per heavy atom. The van der Waals surface area contributed by atoms with E-state index in [1.54, 1.807) is 0 Å². The molecule has 0 N–H and O–H groups in total. The predicted octanol–water partition coefficient (Wildman–Crippen LogP) is 15.0. The second-order valence-electron chi connectivity index (χ2n) is 15.3. The molecule has 0 aliphatic rings. The minimum atomic E-state index is 1.13. The molecule has 0 bridgehead atoms. The molecule has 0 aliphatic heterocycles. The molecule has 13 aromatic rings. The molecule has 270 valence electrons. The van der Waals surface area contributed by atoms with Crippen molar-refractivity contribution in [2.75, 3.05) is 0 Å². The van der Waals surface area contributed by atoms with E-state index in [0.717, 1.165) is 16.9 Å². The fourth-order valence-corrected chi connectivity index (χ4v) is 10.8. The highest BCUT2D eigenvalue weighted by atomic mass is 32.1. The Morgan fingerprint density at radius 2 is 0.655 bits per heavy atom. The predicted molar refractivity (Wildman–Crippen MR) is 248 cm³/mol. The van der Waals surface area contributed by atoms with Gasteiger partial charge in [0.2, 0.25) is 0 Å². The fraction of sp³-hybridized carbons (Fsp3) is 0. The highest BCUT2D eigenvalue weighted by Gasteiger charge is 2.19. The minimum absolute atomic E-state index is 1.13. The molecular weight excluding hydrogens is 723 g/mol. The maximum atomic E-state index is 2.46.